The Morgan fingerprint density at radius 3 is 2.56 bits per heavy atom. The average molecular weight is 248 g/mol. The van der Waals surface area contributed by atoms with E-state index in [1.807, 2.05) is 0 Å². The summed E-state index contributed by atoms with van der Waals surface area (Å²) in [7, 11) is 0. The van der Waals surface area contributed by atoms with Crippen LogP contribution in [0.25, 0.3) is 0 Å². The van der Waals surface area contributed by atoms with Crippen LogP contribution in [0.5, 0.6) is 0 Å². The molecule has 0 saturated carbocycles. The van der Waals surface area contributed by atoms with Crippen LogP contribution in [0.2, 0.25) is 0 Å². The van der Waals surface area contributed by atoms with Crippen molar-refractivity contribution in [2.75, 3.05) is 32.8 Å². The van der Waals surface area contributed by atoms with E-state index in [4.69, 9.17) is 10.5 Å². The van der Waals surface area contributed by atoms with Crippen molar-refractivity contribution in [1.29, 1.82) is 0 Å². The van der Waals surface area contributed by atoms with Gasteiger partial charge in [-0.05, 0) is 24.8 Å². The maximum atomic E-state index is 5.69. The Bertz CT molecular complexity index is 321. The summed E-state index contributed by atoms with van der Waals surface area (Å²) in [4.78, 5) is 2.54. The average Bonchev–Trinajstić information content (AvgIpc) is 2.45. The topological polar surface area (TPSA) is 38.5 Å². The normalized spacial score (nSPS) is 18.1. The summed E-state index contributed by atoms with van der Waals surface area (Å²) in [6, 6.07) is 10.7. The van der Waals surface area contributed by atoms with Crippen LogP contribution in [0.15, 0.2) is 30.3 Å². The van der Waals surface area contributed by atoms with Crippen molar-refractivity contribution in [2.24, 2.45) is 5.73 Å². The molecule has 0 bridgehead atoms. The van der Waals surface area contributed by atoms with Crippen LogP contribution >= 0.6 is 0 Å². The molecule has 3 nitrogen and oxygen atoms in total. The molecule has 1 saturated heterocycles. The van der Waals surface area contributed by atoms with Gasteiger partial charge in [-0.15, -0.1) is 0 Å². The maximum Gasteiger partial charge on any atom is 0.0600 e. The smallest absolute Gasteiger partial charge is 0.0600 e. The van der Waals surface area contributed by atoms with E-state index in [1.54, 1.807) is 0 Å². The molecule has 0 aliphatic carbocycles. The van der Waals surface area contributed by atoms with Gasteiger partial charge in [0.2, 0.25) is 0 Å². The third-order valence-electron chi connectivity index (χ3n) is 3.57. The summed E-state index contributed by atoms with van der Waals surface area (Å²) < 4.78 is 5.69. The lowest BCUT2D eigenvalue weighted by atomic mass is 10.1. The van der Waals surface area contributed by atoms with Crippen molar-refractivity contribution < 1.29 is 4.74 Å². The Kier molecular flexibility index (Phi) is 5.65. The molecule has 0 radical (unpaired) electrons. The summed E-state index contributed by atoms with van der Waals surface area (Å²) in [5.74, 6) is 0. The Morgan fingerprint density at radius 1 is 1.17 bits per heavy atom. The van der Waals surface area contributed by atoms with Gasteiger partial charge in [0.25, 0.3) is 0 Å². The number of ether oxygens (including phenoxy) is 1. The van der Waals surface area contributed by atoms with Crippen LogP contribution in [-0.2, 0) is 11.2 Å². The molecule has 18 heavy (non-hydrogen) atoms. The Balaban J connectivity index is 1.65. The van der Waals surface area contributed by atoms with Gasteiger partial charge in [-0.3, -0.25) is 0 Å². The van der Waals surface area contributed by atoms with Crippen LogP contribution in [-0.4, -0.2) is 43.8 Å². The van der Waals surface area contributed by atoms with Crippen molar-refractivity contribution in [3.05, 3.63) is 35.9 Å². The van der Waals surface area contributed by atoms with Gasteiger partial charge in [-0.2, -0.15) is 0 Å². The van der Waals surface area contributed by atoms with Gasteiger partial charge < -0.3 is 15.4 Å². The van der Waals surface area contributed by atoms with Gasteiger partial charge in [0.15, 0.2) is 0 Å². The highest BCUT2D eigenvalue weighted by atomic mass is 16.5. The number of rotatable bonds is 6. The third kappa shape index (κ3) is 4.41. The van der Waals surface area contributed by atoms with Gasteiger partial charge in [-0.25, -0.2) is 0 Å². The molecular formula is C15H24N2O. The first-order valence-corrected chi connectivity index (χ1v) is 6.96. The van der Waals surface area contributed by atoms with Crippen LogP contribution in [0.3, 0.4) is 0 Å². The second kappa shape index (κ2) is 7.52. The van der Waals surface area contributed by atoms with Gasteiger partial charge in [-0.1, -0.05) is 30.3 Å². The molecule has 2 rings (SSSR count). The minimum absolute atomic E-state index is 0.432. The number of nitrogens with two attached hydrogens (primary N) is 1. The molecule has 1 aliphatic rings. The van der Waals surface area contributed by atoms with E-state index in [0.29, 0.717) is 19.3 Å². The molecule has 0 unspecified atom stereocenters. The fraction of sp³-hybridized carbons (Fsp3) is 0.600. The number of hydrogen-bond donors (Lipinski definition) is 1. The molecular weight excluding hydrogens is 224 g/mol. The quantitative estimate of drug-likeness (QED) is 0.832. The number of hydrogen-bond acceptors (Lipinski definition) is 3. The highest BCUT2D eigenvalue weighted by Gasteiger charge is 2.18. The van der Waals surface area contributed by atoms with Crippen molar-refractivity contribution in [2.45, 2.75) is 25.4 Å². The lowest BCUT2D eigenvalue weighted by Crippen LogP contribution is -2.38. The second-order valence-corrected chi connectivity index (χ2v) is 4.94. The second-order valence-electron chi connectivity index (χ2n) is 4.94. The first kappa shape index (κ1) is 13.5. The zero-order valence-corrected chi connectivity index (χ0v) is 11.1. The van der Waals surface area contributed by atoms with Gasteiger partial charge in [0.1, 0.15) is 0 Å². The molecule has 0 aromatic heterocycles. The lowest BCUT2D eigenvalue weighted by molar-refractivity contribution is 0.0118. The molecule has 100 valence electrons. The predicted molar refractivity (Wildman–Crippen MR) is 74.6 cm³/mol. The monoisotopic (exact) mass is 248 g/mol. The standard InChI is InChI=1S/C15H24N2O/c16-9-13-18-15-7-11-17(12-8-15)10-6-14-4-2-1-3-5-14/h1-5,15H,6-13,16H2. The number of benzene rings is 1. The van der Waals surface area contributed by atoms with E-state index in [9.17, 15) is 0 Å². The molecule has 0 amide bonds. The SMILES string of the molecule is NCCOC1CCN(CCc2ccccc2)CC1. The third-order valence-corrected chi connectivity index (χ3v) is 3.57. The summed E-state index contributed by atoms with van der Waals surface area (Å²) in [6.07, 6.45) is 3.88. The van der Waals surface area contributed by atoms with E-state index in [-0.39, 0.29) is 0 Å². The van der Waals surface area contributed by atoms with Crippen LogP contribution in [0.4, 0.5) is 0 Å². The van der Waals surface area contributed by atoms with Gasteiger partial charge >= 0.3 is 0 Å². The summed E-state index contributed by atoms with van der Waals surface area (Å²) in [5, 5.41) is 0. The molecule has 1 fully saturated rings. The molecule has 2 N–H and O–H groups in total. The summed E-state index contributed by atoms with van der Waals surface area (Å²) >= 11 is 0. The van der Waals surface area contributed by atoms with Crippen LogP contribution in [0, 0.1) is 0 Å². The highest BCUT2D eigenvalue weighted by molar-refractivity contribution is 5.14. The lowest BCUT2D eigenvalue weighted by Gasteiger charge is -2.31. The first-order valence-electron chi connectivity index (χ1n) is 6.96. The fourth-order valence-electron chi connectivity index (χ4n) is 2.47. The highest BCUT2D eigenvalue weighted by Crippen LogP contribution is 2.14. The van der Waals surface area contributed by atoms with Crippen molar-refractivity contribution >= 4 is 0 Å². The van der Waals surface area contributed by atoms with Crippen molar-refractivity contribution in [1.82, 2.24) is 4.90 Å². The first-order chi connectivity index (χ1) is 8.88. The molecule has 0 atom stereocenters. The minimum atomic E-state index is 0.432. The Hall–Kier alpha value is -0.900. The van der Waals surface area contributed by atoms with Crippen LogP contribution < -0.4 is 5.73 Å². The fourth-order valence-corrected chi connectivity index (χ4v) is 2.47. The largest absolute Gasteiger partial charge is 0.377 e. The van der Waals surface area contributed by atoms with Crippen molar-refractivity contribution in [3.8, 4) is 0 Å². The summed E-state index contributed by atoms with van der Waals surface area (Å²) in [5.41, 5.74) is 6.88. The number of piperidine rings is 1. The number of nitrogens with zero attached hydrogens (tertiary/aromatic N) is 1. The maximum absolute atomic E-state index is 5.69. The molecule has 1 aromatic rings. The van der Waals surface area contributed by atoms with Crippen LogP contribution in [0.1, 0.15) is 18.4 Å². The van der Waals surface area contributed by atoms with E-state index < -0.39 is 0 Å². The van der Waals surface area contributed by atoms with E-state index in [2.05, 4.69) is 35.2 Å². The molecule has 3 heteroatoms. The zero-order chi connectivity index (χ0) is 12.6. The predicted octanol–water partition coefficient (Wildman–Crippen LogP) is 1.67. The Morgan fingerprint density at radius 2 is 1.89 bits per heavy atom. The molecule has 0 spiro atoms. The molecule has 1 aromatic carbocycles. The van der Waals surface area contributed by atoms with Gasteiger partial charge in [0, 0.05) is 26.2 Å². The minimum Gasteiger partial charge on any atom is -0.377 e. The number of likely N-dealkylation sites (tertiary alicyclic amines) is 1. The molecule has 1 heterocycles. The van der Waals surface area contributed by atoms with E-state index in [0.717, 1.165) is 38.9 Å². The summed E-state index contributed by atoms with van der Waals surface area (Å²) in [6.45, 7) is 4.81. The molecule has 1 aliphatic heterocycles. The van der Waals surface area contributed by atoms with E-state index >= 15 is 0 Å². The Labute approximate surface area is 110 Å². The van der Waals surface area contributed by atoms with Gasteiger partial charge in [0.05, 0.1) is 12.7 Å². The zero-order valence-electron chi connectivity index (χ0n) is 11.1. The van der Waals surface area contributed by atoms with Crippen molar-refractivity contribution in [3.63, 3.8) is 0 Å². The van der Waals surface area contributed by atoms with E-state index in [1.165, 1.54) is 5.56 Å².